The molecular weight excluding hydrogens is 386 g/mol. The van der Waals surface area contributed by atoms with Crippen LogP contribution in [0.4, 0.5) is 0 Å². The molecule has 0 aromatic heterocycles. The van der Waals surface area contributed by atoms with Crippen LogP contribution in [0.3, 0.4) is 0 Å². The highest BCUT2D eigenvalue weighted by molar-refractivity contribution is 5.89. The van der Waals surface area contributed by atoms with Gasteiger partial charge < -0.3 is 14.7 Å². The van der Waals surface area contributed by atoms with Gasteiger partial charge in [-0.15, -0.1) is 0 Å². The molecule has 1 aromatic carbocycles. The van der Waals surface area contributed by atoms with Gasteiger partial charge >= 0.3 is 0 Å². The zero-order valence-corrected chi connectivity index (χ0v) is 19.2. The molecule has 5 rings (SSSR count). The Balaban J connectivity index is 1.41. The predicted octanol–water partition coefficient (Wildman–Crippen LogP) is 4.81. The van der Waals surface area contributed by atoms with Gasteiger partial charge in [-0.25, -0.2) is 0 Å². The maximum absolute atomic E-state index is 13.0. The Labute approximate surface area is 186 Å². The van der Waals surface area contributed by atoms with Gasteiger partial charge in [0.05, 0.1) is 7.11 Å². The number of aliphatic hydroxyl groups excluding tert-OH is 1. The summed E-state index contributed by atoms with van der Waals surface area (Å²) in [6.45, 7) is 5.87. The fourth-order valence-corrected chi connectivity index (χ4v) is 8.12. The van der Waals surface area contributed by atoms with Crippen LogP contribution in [0.25, 0.3) is 0 Å². The summed E-state index contributed by atoms with van der Waals surface area (Å²) in [6.07, 6.45) is 11.3. The molecule has 3 aliphatic carbocycles. The molecule has 1 aliphatic heterocycles. The van der Waals surface area contributed by atoms with Crippen molar-refractivity contribution in [3.05, 3.63) is 42.0 Å². The third-order valence-electron chi connectivity index (χ3n) is 9.90. The number of carbonyl (C=O) groups is 1. The lowest BCUT2D eigenvalue weighted by Gasteiger charge is -2.60. The number of aliphatic hydroxyl groups is 1. The third kappa shape index (κ3) is 3.16. The van der Waals surface area contributed by atoms with E-state index in [1.165, 1.54) is 32.1 Å². The van der Waals surface area contributed by atoms with E-state index in [0.29, 0.717) is 30.4 Å². The average molecular weight is 424 g/mol. The summed E-state index contributed by atoms with van der Waals surface area (Å²) in [7, 11) is 1.68. The minimum Gasteiger partial charge on any atom is -0.497 e. The van der Waals surface area contributed by atoms with Crippen molar-refractivity contribution in [2.45, 2.75) is 65.0 Å². The van der Waals surface area contributed by atoms with Crippen molar-refractivity contribution < 1.29 is 14.6 Å². The van der Waals surface area contributed by atoms with E-state index in [4.69, 9.17) is 4.74 Å². The first-order valence-corrected chi connectivity index (χ1v) is 12.1. The van der Waals surface area contributed by atoms with E-state index in [0.717, 1.165) is 29.6 Å². The Morgan fingerprint density at radius 3 is 2.55 bits per heavy atom. The van der Waals surface area contributed by atoms with Crippen LogP contribution in [-0.2, 0) is 11.3 Å². The first kappa shape index (κ1) is 21.1. The van der Waals surface area contributed by atoms with Crippen molar-refractivity contribution in [2.24, 2.45) is 34.5 Å². The molecule has 168 valence electrons. The molecular formula is C27H37NO3. The molecule has 4 nitrogen and oxygen atoms in total. The third-order valence-corrected chi connectivity index (χ3v) is 9.90. The predicted molar refractivity (Wildman–Crippen MR) is 121 cm³/mol. The van der Waals surface area contributed by atoms with Gasteiger partial charge in [0.2, 0.25) is 5.91 Å². The van der Waals surface area contributed by atoms with E-state index >= 15 is 0 Å². The van der Waals surface area contributed by atoms with Gasteiger partial charge in [0, 0.05) is 24.6 Å². The number of rotatable bonds is 4. The largest absolute Gasteiger partial charge is 0.497 e. The van der Waals surface area contributed by atoms with E-state index in [1.54, 1.807) is 7.11 Å². The standard InChI is InChI=1S/C27H37NO3/c1-26-14-12-23-21(22(26)10-6-19(26)17-29)9-11-24-27(23,2)15-13-25(30)28(24)16-18-4-7-20(31-3)8-5-18/h4-5,7-8,13,15,19,21-24,29H,6,9-12,14,16-17H2,1-3H3/t19-,21+,22+,23+,24-,26-,27-/m1/s1. The number of fused-ring (bicyclic) bond motifs is 5. The van der Waals surface area contributed by atoms with Gasteiger partial charge in [0.25, 0.3) is 0 Å². The molecule has 0 radical (unpaired) electrons. The lowest BCUT2D eigenvalue weighted by Crippen LogP contribution is -2.60. The zero-order valence-electron chi connectivity index (χ0n) is 19.2. The maximum atomic E-state index is 13.0. The summed E-state index contributed by atoms with van der Waals surface area (Å²) in [6, 6.07) is 8.39. The normalized spacial score (nSPS) is 41.5. The zero-order chi connectivity index (χ0) is 21.8. The molecule has 0 spiro atoms. The molecule has 1 N–H and O–H groups in total. The monoisotopic (exact) mass is 423 g/mol. The minimum atomic E-state index is 0.0436. The fourth-order valence-electron chi connectivity index (χ4n) is 8.12. The average Bonchev–Trinajstić information content (AvgIpc) is 3.13. The second-order valence-corrected chi connectivity index (χ2v) is 11.0. The minimum absolute atomic E-state index is 0.0436. The lowest BCUT2D eigenvalue weighted by molar-refractivity contribution is -0.143. The van der Waals surface area contributed by atoms with Crippen LogP contribution in [0.2, 0.25) is 0 Å². The van der Waals surface area contributed by atoms with Gasteiger partial charge in [-0.05, 0) is 91.4 Å². The van der Waals surface area contributed by atoms with Crippen molar-refractivity contribution in [2.75, 3.05) is 13.7 Å². The number of amides is 1. The number of methoxy groups -OCH3 is 1. The quantitative estimate of drug-likeness (QED) is 0.756. The Kier molecular flexibility index (Phi) is 5.20. The number of carbonyl (C=O) groups excluding carboxylic acids is 1. The highest BCUT2D eigenvalue weighted by atomic mass is 16.5. The van der Waals surface area contributed by atoms with Crippen LogP contribution in [0, 0.1) is 34.5 Å². The molecule has 1 heterocycles. The number of nitrogens with zero attached hydrogens (tertiary/aromatic N) is 1. The van der Waals surface area contributed by atoms with Crippen LogP contribution >= 0.6 is 0 Å². The Morgan fingerprint density at radius 2 is 1.84 bits per heavy atom. The molecule has 3 saturated carbocycles. The van der Waals surface area contributed by atoms with Crippen molar-refractivity contribution in [1.29, 1.82) is 0 Å². The smallest absolute Gasteiger partial charge is 0.246 e. The van der Waals surface area contributed by atoms with Gasteiger partial charge in [-0.3, -0.25) is 4.79 Å². The van der Waals surface area contributed by atoms with E-state index in [2.05, 4.69) is 37.0 Å². The highest BCUT2D eigenvalue weighted by Crippen LogP contribution is 2.65. The van der Waals surface area contributed by atoms with Crippen LogP contribution in [0.1, 0.15) is 57.9 Å². The first-order chi connectivity index (χ1) is 14.9. The van der Waals surface area contributed by atoms with Crippen LogP contribution < -0.4 is 4.74 Å². The topological polar surface area (TPSA) is 49.8 Å². The molecule has 4 heteroatoms. The molecule has 0 unspecified atom stereocenters. The fraction of sp³-hybridized carbons (Fsp3) is 0.667. The first-order valence-electron chi connectivity index (χ1n) is 12.1. The molecule has 3 fully saturated rings. The van der Waals surface area contributed by atoms with Gasteiger partial charge in [0.15, 0.2) is 0 Å². The Bertz CT molecular complexity index is 864. The molecule has 31 heavy (non-hydrogen) atoms. The summed E-state index contributed by atoms with van der Waals surface area (Å²) < 4.78 is 5.29. The number of ether oxygens (including phenoxy) is 1. The van der Waals surface area contributed by atoms with E-state index < -0.39 is 0 Å². The Hall–Kier alpha value is -1.81. The molecule has 4 aliphatic rings. The van der Waals surface area contributed by atoms with Gasteiger partial charge in [-0.2, -0.15) is 0 Å². The number of benzene rings is 1. The summed E-state index contributed by atoms with van der Waals surface area (Å²) in [5.41, 5.74) is 1.50. The van der Waals surface area contributed by atoms with Crippen LogP contribution in [0.15, 0.2) is 36.4 Å². The number of hydrogen-bond acceptors (Lipinski definition) is 3. The SMILES string of the molecule is COc1ccc(CN2C(=O)C=C[C@]3(C)[C@H]4CC[C@]5(C)[C@@H](CO)CC[C@H]5[C@@H]4CC[C@@H]23)cc1. The van der Waals surface area contributed by atoms with Crippen molar-refractivity contribution in [3.63, 3.8) is 0 Å². The highest BCUT2D eigenvalue weighted by Gasteiger charge is 2.60. The summed E-state index contributed by atoms with van der Waals surface area (Å²) >= 11 is 0. The van der Waals surface area contributed by atoms with Crippen LogP contribution in [-0.4, -0.2) is 35.7 Å². The molecule has 7 atom stereocenters. The van der Waals surface area contributed by atoms with Gasteiger partial charge in [-0.1, -0.05) is 32.1 Å². The second-order valence-electron chi connectivity index (χ2n) is 11.0. The molecule has 1 amide bonds. The Morgan fingerprint density at radius 1 is 1.06 bits per heavy atom. The molecule has 1 aromatic rings. The lowest BCUT2D eigenvalue weighted by atomic mass is 9.47. The summed E-state index contributed by atoms with van der Waals surface area (Å²) in [5.74, 6) is 3.54. The summed E-state index contributed by atoms with van der Waals surface area (Å²) in [4.78, 5) is 15.1. The van der Waals surface area contributed by atoms with Crippen molar-refractivity contribution >= 4 is 5.91 Å². The van der Waals surface area contributed by atoms with Crippen LogP contribution in [0.5, 0.6) is 5.75 Å². The van der Waals surface area contributed by atoms with Crippen molar-refractivity contribution in [3.8, 4) is 5.75 Å². The second kappa shape index (κ2) is 7.65. The maximum Gasteiger partial charge on any atom is 0.246 e. The van der Waals surface area contributed by atoms with E-state index in [9.17, 15) is 9.90 Å². The number of hydrogen-bond donors (Lipinski definition) is 1. The summed E-state index contributed by atoms with van der Waals surface area (Å²) in [5, 5.41) is 9.98. The van der Waals surface area contributed by atoms with Gasteiger partial charge in [0.1, 0.15) is 5.75 Å². The van der Waals surface area contributed by atoms with Crippen molar-refractivity contribution in [1.82, 2.24) is 4.90 Å². The molecule has 0 saturated heterocycles. The molecule has 0 bridgehead atoms. The van der Waals surface area contributed by atoms with E-state index in [-0.39, 0.29) is 17.4 Å². The van der Waals surface area contributed by atoms with E-state index in [1.807, 2.05) is 18.2 Å².